The van der Waals surface area contributed by atoms with E-state index < -0.39 is 11.7 Å². The third kappa shape index (κ3) is 4.17. The summed E-state index contributed by atoms with van der Waals surface area (Å²) in [5.74, 6) is -0.0668. The molecule has 1 saturated carbocycles. The van der Waals surface area contributed by atoms with Crippen molar-refractivity contribution in [2.24, 2.45) is 0 Å². The molecule has 3 rings (SSSR count). The molecule has 0 aliphatic heterocycles. The molecule has 1 fully saturated rings. The Hall–Kier alpha value is -1.82. The fourth-order valence-electron chi connectivity index (χ4n) is 2.75. The molecule has 2 aromatic rings. The van der Waals surface area contributed by atoms with E-state index in [0.717, 1.165) is 23.8 Å². The van der Waals surface area contributed by atoms with Crippen LogP contribution in [0.25, 0.3) is 0 Å². The standard InChI is InChI=1S/C18H18F3NOS/c19-18(20,21)16-6-2-1-4-13(16)12-22(14-7-8-14)17(23)10-9-15-5-3-11-24-15/h1-6,11,14H,7-10,12H2. The number of nitrogens with zero attached hydrogens (tertiary/aromatic N) is 1. The molecular formula is C18H18F3NOS. The van der Waals surface area contributed by atoms with Gasteiger partial charge in [-0.2, -0.15) is 13.2 Å². The van der Waals surface area contributed by atoms with Gasteiger partial charge in [0.25, 0.3) is 0 Å². The van der Waals surface area contributed by atoms with Crippen LogP contribution in [0.5, 0.6) is 0 Å². The van der Waals surface area contributed by atoms with Crippen molar-refractivity contribution >= 4 is 17.2 Å². The average molecular weight is 353 g/mol. The molecule has 24 heavy (non-hydrogen) atoms. The summed E-state index contributed by atoms with van der Waals surface area (Å²) >= 11 is 1.59. The van der Waals surface area contributed by atoms with Crippen LogP contribution >= 0.6 is 11.3 Å². The van der Waals surface area contributed by atoms with E-state index in [9.17, 15) is 18.0 Å². The molecular weight excluding hydrogens is 335 g/mol. The zero-order valence-corrected chi connectivity index (χ0v) is 13.9. The van der Waals surface area contributed by atoms with Crippen LogP contribution in [-0.4, -0.2) is 16.8 Å². The highest BCUT2D eigenvalue weighted by Gasteiger charge is 2.36. The van der Waals surface area contributed by atoms with Gasteiger partial charge in [-0.15, -0.1) is 11.3 Å². The highest BCUT2D eigenvalue weighted by atomic mass is 32.1. The van der Waals surface area contributed by atoms with E-state index in [0.29, 0.717) is 12.8 Å². The lowest BCUT2D eigenvalue weighted by molar-refractivity contribution is -0.140. The third-order valence-corrected chi connectivity index (χ3v) is 5.07. The van der Waals surface area contributed by atoms with Gasteiger partial charge >= 0.3 is 6.18 Å². The van der Waals surface area contributed by atoms with Crippen molar-refractivity contribution in [2.45, 2.75) is 44.4 Å². The van der Waals surface area contributed by atoms with Crippen LogP contribution in [-0.2, 0) is 23.9 Å². The van der Waals surface area contributed by atoms with Crippen LogP contribution < -0.4 is 0 Å². The Balaban J connectivity index is 1.72. The molecule has 0 radical (unpaired) electrons. The van der Waals surface area contributed by atoms with E-state index in [1.54, 1.807) is 22.3 Å². The lowest BCUT2D eigenvalue weighted by Gasteiger charge is -2.24. The second-order valence-corrected chi connectivity index (χ2v) is 7.02. The van der Waals surface area contributed by atoms with E-state index in [-0.39, 0.29) is 24.1 Å². The van der Waals surface area contributed by atoms with Gasteiger partial charge in [0.05, 0.1) is 5.56 Å². The van der Waals surface area contributed by atoms with Crippen LogP contribution in [0.4, 0.5) is 13.2 Å². The highest BCUT2D eigenvalue weighted by Crippen LogP contribution is 2.35. The van der Waals surface area contributed by atoms with Crippen LogP contribution in [0.2, 0.25) is 0 Å². The maximum absolute atomic E-state index is 13.1. The minimum atomic E-state index is -4.40. The summed E-state index contributed by atoms with van der Waals surface area (Å²) in [5, 5.41) is 1.96. The van der Waals surface area contributed by atoms with Crippen LogP contribution in [0.1, 0.15) is 35.3 Å². The molecule has 1 aliphatic rings. The highest BCUT2D eigenvalue weighted by molar-refractivity contribution is 7.09. The molecule has 1 aromatic carbocycles. The molecule has 0 atom stereocenters. The van der Waals surface area contributed by atoms with Gasteiger partial charge in [-0.1, -0.05) is 24.3 Å². The predicted molar refractivity (Wildman–Crippen MR) is 87.7 cm³/mol. The van der Waals surface area contributed by atoms with Crippen LogP contribution in [0.3, 0.4) is 0 Å². The Morgan fingerprint density at radius 2 is 1.92 bits per heavy atom. The van der Waals surface area contributed by atoms with Gasteiger partial charge in [-0.25, -0.2) is 0 Å². The molecule has 0 unspecified atom stereocenters. The number of carbonyl (C=O) groups is 1. The quantitative estimate of drug-likeness (QED) is 0.724. The molecule has 1 aliphatic carbocycles. The average Bonchev–Trinajstić information content (AvgIpc) is 3.25. The summed E-state index contributed by atoms with van der Waals surface area (Å²) in [7, 11) is 0. The van der Waals surface area contributed by atoms with Gasteiger partial charge in [0.15, 0.2) is 0 Å². The van der Waals surface area contributed by atoms with E-state index in [1.807, 2.05) is 17.5 Å². The van der Waals surface area contributed by atoms with Crippen molar-refractivity contribution in [3.05, 3.63) is 57.8 Å². The molecule has 1 heterocycles. The monoisotopic (exact) mass is 353 g/mol. The molecule has 0 N–H and O–H groups in total. The Morgan fingerprint density at radius 3 is 2.54 bits per heavy atom. The van der Waals surface area contributed by atoms with E-state index >= 15 is 0 Å². The number of halogens is 3. The maximum atomic E-state index is 13.1. The van der Waals surface area contributed by atoms with Crippen molar-refractivity contribution in [1.29, 1.82) is 0 Å². The second-order valence-electron chi connectivity index (χ2n) is 5.99. The molecule has 1 amide bonds. The number of alkyl halides is 3. The first kappa shape index (κ1) is 17.0. The molecule has 0 bridgehead atoms. The molecule has 0 saturated heterocycles. The van der Waals surface area contributed by atoms with Gasteiger partial charge < -0.3 is 4.90 Å². The summed E-state index contributed by atoms with van der Waals surface area (Å²) in [5.41, 5.74) is -0.483. The molecule has 6 heteroatoms. The van der Waals surface area contributed by atoms with Gasteiger partial charge in [-0.05, 0) is 42.3 Å². The van der Waals surface area contributed by atoms with E-state index in [2.05, 4.69) is 0 Å². The fourth-order valence-corrected chi connectivity index (χ4v) is 3.46. The van der Waals surface area contributed by atoms with E-state index in [1.165, 1.54) is 12.1 Å². The lowest BCUT2D eigenvalue weighted by atomic mass is 10.1. The second kappa shape index (κ2) is 6.97. The van der Waals surface area contributed by atoms with Gasteiger partial charge in [0.2, 0.25) is 5.91 Å². The zero-order chi connectivity index (χ0) is 17.2. The topological polar surface area (TPSA) is 20.3 Å². The molecule has 2 nitrogen and oxygen atoms in total. The summed E-state index contributed by atoms with van der Waals surface area (Å²) in [6, 6.07) is 9.50. The Bertz CT molecular complexity index is 693. The summed E-state index contributed by atoms with van der Waals surface area (Å²) < 4.78 is 39.4. The summed E-state index contributed by atoms with van der Waals surface area (Å²) in [6.07, 6.45) is -1.67. The first-order valence-corrected chi connectivity index (χ1v) is 8.80. The number of thiophene rings is 1. The Morgan fingerprint density at radius 1 is 1.17 bits per heavy atom. The number of amides is 1. The SMILES string of the molecule is O=C(CCc1cccs1)N(Cc1ccccc1C(F)(F)F)C1CC1. The number of rotatable bonds is 6. The maximum Gasteiger partial charge on any atom is 0.416 e. The predicted octanol–water partition coefficient (Wildman–Crippen LogP) is 4.89. The smallest absolute Gasteiger partial charge is 0.335 e. The van der Waals surface area contributed by atoms with Crippen molar-refractivity contribution in [1.82, 2.24) is 4.90 Å². The van der Waals surface area contributed by atoms with Crippen molar-refractivity contribution < 1.29 is 18.0 Å². The zero-order valence-electron chi connectivity index (χ0n) is 13.1. The lowest BCUT2D eigenvalue weighted by Crippen LogP contribution is -2.33. The number of aryl methyl sites for hydroxylation is 1. The Kier molecular flexibility index (Phi) is 4.94. The number of benzene rings is 1. The summed E-state index contributed by atoms with van der Waals surface area (Å²) in [4.78, 5) is 15.3. The van der Waals surface area contributed by atoms with E-state index in [4.69, 9.17) is 0 Å². The van der Waals surface area contributed by atoms with Gasteiger partial charge in [0, 0.05) is 23.9 Å². The fraction of sp³-hybridized carbons (Fsp3) is 0.389. The minimum absolute atomic E-state index is 0.0314. The number of hydrogen-bond acceptors (Lipinski definition) is 2. The van der Waals surface area contributed by atoms with Gasteiger partial charge in [-0.3, -0.25) is 4.79 Å². The van der Waals surface area contributed by atoms with Crippen molar-refractivity contribution in [3.8, 4) is 0 Å². The van der Waals surface area contributed by atoms with Crippen LogP contribution in [0.15, 0.2) is 41.8 Å². The van der Waals surface area contributed by atoms with Crippen molar-refractivity contribution in [2.75, 3.05) is 0 Å². The minimum Gasteiger partial charge on any atom is -0.335 e. The largest absolute Gasteiger partial charge is 0.416 e. The van der Waals surface area contributed by atoms with Crippen LogP contribution in [0, 0.1) is 0 Å². The summed E-state index contributed by atoms with van der Waals surface area (Å²) in [6.45, 7) is 0.0314. The first-order valence-electron chi connectivity index (χ1n) is 7.92. The Labute approximate surface area is 142 Å². The first-order chi connectivity index (χ1) is 11.4. The molecule has 1 aromatic heterocycles. The normalized spacial score (nSPS) is 14.6. The molecule has 128 valence electrons. The third-order valence-electron chi connectivity index (χ3n) is 4.14. The number of carbonyl (C=O) groups excluding carboxylic acids is 1. The molecule has 0 spiro atoms. The number of hydrogen-bond donors (Lipinski definition) is 0. The van der Waals surface area contributed by atoms with Gasteiger partial charge in [0.1, 0.15) is 0 Å². The van der Waals surface area contributed by atoms with Crippen molar-refractivity contribution in [3.63, 3.8) is 0 Å².